The summed E-state index contributed by atoms with van der Waals surface area (Å²) in [6.07, 6.45) is 1.50. The van der Waals surface area contributed by atoms with Crippen molar-refractivity contribution in [3.05, 3.63) is 46.4 Å². The number of hydrogen-bond donors (Lipinski definition) is 2. The van der Waals surface area contributed by atoms with Crippen molar-refractivity contribution in [2.45, 2.75) is 19.9 Å². The molecule has 1 aromatic heterocycles. The zero-order valence-electron chi connectivity index (χ0n) is 11.7. The van der Waals surface area contributed by atoms with Crippen molar-refractivity contribution in [1.29, 1.82) is 0 Å². The molecule has 2 aromatic rings. The number of carbonyl (C=O) groups excluding carboxylic acids is 1. The molecule has 7 heteroatoms. The molecule has 0 saturated carbocycles. The second-order valence-electron chi connectivity index (χ2n) is 4.74. The molecular weight excluding hydrogens is 292 g/mol. The quantitative estimate of drug-likeness (QED) is 0.646. The maximum Gasteiger partial charge on any atom is 0.282 e. The van der Waals surface area contributed by atoms with E-state index >= 15 is 0 Å². The van der Waals surface area contributed by atoms with Crippen LogP contribution in [0, 0.1) is 0 Å². The highest BCUT2D eigenvalue weighted by Gasteiger charge is 2.15. The van der Waals surface area contributed by atoms with Crippen LogP contribution in [-0.2, 0) is 0 Å². The topological polar surface area (TPSA) is 103 Å². The van der Waals surface area contributed by atoms with Crippen LogP contribution in [0.5, 0.6) is 0 Å². The van der Waals surface area contributed by atoms with Gasteiger partial charge < -0.3 is 16.0 Å². The summed E-state index contributed by atoms with van der Waals surface area (Å²) in [7, 11) is 0. The van der Waals surface area contributed by atoms with E-state index in [1.54, 1.807) is 24.3 Å². The summed E-state index contributed by atoms with van der Waals surface area (Å²) in [6.45, 7) is 3.73. The summed E-state index contributed by atoms with van der Waals surface area (Å²) in [5.74, 6) is -0.864. The number of nitrogens with two attached hydrogens (primary N) is 2. The van der Waals surface area contributed by atoms with Crippen LogP contribution in [0.4, 0.5) is 0 Å². The molecule has 0 spiro atoms. The van der Waals surface area contributed by atoms with E-state index < -0.39 is 5.91 Å². The van der Waals surface area contributed by atoms with Crippen molar-refractivity contribution in [3.8, 4) is 0 Å². The molecule has 0 aliphatic heterocycles. The third-order valence-electron chi connectivity index (χ3n) is 2.97. The summed E-state index contributed by atoms with van der Waals surface area (Å²) in [6, 6.07) is 6.83. The van der Waals surface area contributed by atoms with Gasteiger partial charge in [-0.25, -0.2) is 0 Å². The van der Waals surface area contributed by atoms with E-state index in [0.717, 1.165) is 0 Å². The Hall–Kier alpha value is -2.34. The van der Waals surface area contributed by atoms with Crippen LogP contribution in [0.1, 0.15) is 30.2 Å². The predicted molar refractivity (Wildman–Crippen MR) is 86.0 cm³/mol. The summed E-state index contributed by atoms with van der Waals surface area (Å²) in [5, 5.41) is 1.02. The molecule has 21 heavy (non-hydrogen) atoms. The molecule has 0 saturated heterocycles. The van der Waals surface area contributed by atoms with Crippen LogP contribution in [0.3, 0.4) is 0 Å². The maximum atomic E-state index is 12.3. The molecule has 2 rings (SSSR count). The highest BCUT2D eigenvalue weighted by Crippen LogP contribution is 2.18. The number of amides is 1. The first kappa shape index (κ1) is 16.7. The molecule has 4 N–H and O–H groups in total. The van der Waals surface area contributed by atoms with Crippen LogP contribution < -0.4 is 17.0 Å². The first-order chi connectivity index (χ1) is 9.41. The second-order valence-corrected chi connectivity index (χ2v) is 4.74. The Morgan fingerprint density at radius 1 is 1.19 bits per heavy atom. The molecule has 112 valence electrons. The van der Waals surface area contributed by atoms with Crippen LogP contribution in [0.2, 0.25) is 0 Å². The van der Waals surface area contributed by atoms with Gasteiger partial charge in [-0.3, -0.25) is 9.59 Å². The van der Waals surface area contributed by atoms with E-state index in [-0.39, 0.29) is 30.0 Å². The van der Waals surface area contributed by atoms with E-state index in [1.807, 2.05) is 13.8 Å². The smallest absolute Gasteiger partial charge is 0.282 e. The minimum absolute atomic E-state index is 0. The molecule has 0 fully saturated rings. The average Bonchev–Trinajstić information content (AvgIpc) is 2.38. The summed E-state index contributed by atoms with van der Waals surface area (Å²) >= 11 is 0. The standard InChI is InChI=1S/C14H16N4O2.ClH/c1-8(2)18-7-11(12(19)17-14(15)16)9-5-3-4-6-10(9)13(18)20;/h3-8H,1-2H3,(H4,15,16,17,19);1H. The second kappa shape index (κ2) is 6.41. The van der Waals surface area contributed by atoms with E-state index in [1.165, 1.54) is 10.8 Å². The van der Waals surface area contributed by atoms with E-state index in [0.29, 0.717) is 16.3 Å². The molecule has 0 unspecified atom stereocenters. The van der Waals surface area contributed by atoms with Crippen molar-refractivity contribution < 1.29 is 4.79 Å². The van der Waals surface area contributed by atoms with E-state index in [2.05, 4.69) is 4.99 Å². The number of aliphatic imine (C=N–C) groups is 1. The highest BCUT2D eigenvalue weighted by atomic mass is 35.5. The molecule has 0 bridgehead atoms. The third kappa shape index (κ3) is 3.22. The Balaban J connectivity index is 0.00000220. The van der Waals surface area contributed by atoms with Gasteiger partial charge in [0.05, 0.1) is 5.56 Å². The number of benzene rings is 1. The van der Waals surface area contributed by atoms with Crippen molar-refractivity contribution in [1.82, 2.24) is 4.57 Å². The van der Waals surface area contributed by atoms with Gasteiger partial charge >= 0.3 is 0 Å². The SMILES string of the molecule is CC(C)n1cc(C(=O)N=C(N)N)c2ccccc2c1=O.Cl. The predicted octanol–water partition coefficient (Wildman–Crippen LogP) is 1.42. The summed E-state index contributed by atoms with van der Waals surface area (Å²) in [5.41, 5.74) is 10.6. The number of fused-ring (bicyclic) bond motifs is 1. The van der Waals surface area contributed by atoms with Gasteiger partial charge in [0.25, 0.3) is 11.5 Å². The monoisotopic (exact) mass is 308 g/mol. The molecule has 6 nitrogen and oxygen atoms in total. The molecule has 1 amide bonds. The van der Waals surface area contributed by atoms with Crippen LogP contribution in [0.25, 0.3) is 10.8 Å². The van der Waals surface area contributed by atoms with Crippen molar-refractivity contribution in [3.63, 3.8) is 0 Å². The average molecular weight is 309 g/mol. The van der Waals surface area contributed by atoms with Crippen molar-refractivity contribution >= 4 is 35.0 Å². The largest absolute Gasteiger partial charge is 0.370 e. The van der Waals surface area contributed by atoms with Gasteiger partial charge in [-0.2, -0.15) is 4.99 Å². The normalized spacial score (nSPS) is 10.2. The Kier molecular flexibility index (Phi) is 5.10. The van der Waals surface area contributed by atoms with Gasteiger partial charge in [-0.15, -0.1) is 12.4 Å². The van der Waals surface area contributed by atoms with Crippen LogP contribution in [0.15, 0.2) is 40.2 Å². The van der Waals surface area contributed by atoms with Gasteiger partial charge in [-0.1, -0.05) is 18.2 Å². The lowest BCUT2D eigenvalue weighted by atomic mass is 10.1. The van der Waals surface area contributed by atoms with E-state index in [9.17, 15) is 9.59 Å². The number of carbonyl (C=O) groups is 1. The molecule has 0 aliphatic carbocycles. The van der Waals surface area contributed by atoms with Gasteiger partial charge in [0.15, 0.2) is 5.96 Å². The fraction of sp³-hybridized carbons (Fsp3) is 0.214. The number of aromatic nitrogens is 1. The summed E-state index contributed by atoms with van der Waals surface area (Å²) in [4.78, 5) is 28.0. The number of nitrogens with zero attached hydrogens (tertiary/aromatic N) is 2. The zero-order valence-corrected chi connectivity index (χ0v) is 12.6. The number of halogens is 1. The zero-order chi connectivity index (χ0) is 14.9. The van der Waals surface area contributed by atoms with Gasteiger partial charge in [0, 0.05) is 23.0 Å². The Bertz CT molecular complexity index is 761. The molecular formula is C14H17ClN4O2. The Labute approximate surface area is 127 Å². The fourth-order valence-corrected chi connectivity index (χ4v) is 2.04. The number of rotatable bonds is 2. The van der Waals surface area contributed by atoms with Crippen LogP contribution in [-0.4, -0.2) is 16.4 Å². The first-order valence-corrected chi connectivity index (χ1v) is 6.19. The van der Waals surface area contributed by atoms with Gasteiger partial charge in [0.1, 0.15) is 0 Å². The van der Waals surface area contributed by atoms with Crippen molar-refractivity contribution in [2.24, 2.45) is 16.5 Å². The van der Waals surface area contributed by atoms with Gasteiger partial charge in [-0.05, 0) is 19.9 Å². The lowest BCUT2D eigenvalue weighted by Crippen LogP contribution is -2.26. The molecule has 1 aromatic carbocycles. The summed E-state index contributed by atoms with van der Waals surface area (Å²) < 4.78 is 1.50. The lowest BCUT2D eigenvalue weighted by molar-refractivity contribution is 0.100. The minimum atomic E-state index is -0.560. The van der Waals surface area contributed by atoms with Crippen LogP contribution >= 0.6 is 12.4 Å². The highest BCUT2D eigenvalue weighted by molar-refractivity contribution is 6.10. The Morgan fingerprint density at radius 3 is 2.29 bits per heavy atom. The number of guanidine groups is 1. The fourth-order valence-electron chi connectivity index (χ4n) is 2.04. The number of hydrogen-bond acceptors (Lipinski definition) is 2. The van der Waals surface area contributed by atoms with Gasteiger partial charge in [0.2, 0.25) is 0 Å². The minimum Gasteiger partial charge on any atom is -0.370 e. The molecule has 0 atom stereocenters. The molecule has 0 aliphatic rings. The molecule has 1 heterocycles. The maximum absolute atomic E-state index is 12.3. The lowest BCUT2D eigenvalue weighted by Gasteiger charge is -2.13. The van der Waals surface area contributed by atoms with E-state index in [4.69, 9.17) is 11.5 Å². The first-order valence-electron chi connectivity index (χ1n) is 6.19. The number of pyridine rings is 1. The third-order valence-corrected chi connectivity index (χ3v) is 2.97. The van der Waals surface area contributed by atoms with Crippen molar-refractivity contribution in [2.75, 3.05) is 0 Å². The molecule has 0 radical (unpaired) electrons. The Morgan fingerprint density at radius 2 is 1.76 bits per heavy atom.